The van der Waals surface area contributed by atoms with Crippen LogP contribution in [0.4, 0.5) is 0 Å². The summed E-state index contributed by atoms with van der Waals surface area (Å²) in [4.78, 5) is 0. The van der Waals surface area contributed by atoms with Crippen LogP contribution in [0, 0.1) is 0 Å². The van der Waals surface area contributed by atoms with Crippen LogP contribution in [0.25, 0.3) is 0 Å². The van der Waals surface area contributed by atoms with Crippen molar-refractivity contribution in [3.8, 4) is 0 Å². The fourth-order valence-corrected chi connectivity index (χ4v) is 0. The summed E-state index contributed by atoms with van der Waals surface area (Å²) in [7, 11) is 0. The Kier molecular flexibility index (Phi) is 758. The van der Waals surface area contributed by atoms with Crippen LogP contribution >= 0.6 is 0 Å². The van der Waals surface area contributed by atoms with E-state index in [0.717, 1.165) is 0 Å². The summed E-state index contributed by atoms with van der Waals surface area (Å²) >= 11 is 0. The van der Waals surface area contributed by atoms with E-state index < -0.39 is 0 Å². The molecule has 0 heterocycles. The summed E-state index contributed by atoms with van der Waals surface area (Å²) in [6.07, 6.45) is 0. The largest absolute Gasteiger partial charge is 4.00 e. The summed E-state index contributed by atoms with van der Waals surface area (Å²) < 4.78 is 0. The number of rotatable bonds is 0. The third-order valence-electron chi connectivity index (χ3n) is 0. The molecule has 0 unspecified atom stereocenters. The Morgan fingerprint density at radius 1 is 0.375 bits per heavy atom. The molecule has 0 saturated heterocycles. The predicted octanol–water partition coefficient (Wildman–Crippen LogP) is -21.0. The van der Waals surface area contributed by atoms with E-state index in [-0.39, 0.29) is 147 Å². The Morgan fingerprint density at radius 2 is 0.375 bits per heavy atom. The van der Waals surface area contributed by atoms with Crippen LogP contribution < -0.4 is 126 Å². The number of hydrogen-bond donors (Lipinski definition) is 0. The van der Waals surface area contributed by atoms with Gasteiger partial charge >= 0.3 is 72.4 Å². The smallest absolute Gasteiger partial charge is 1.00 e. The molecule has 0 N–H and O–H groups in total. The normalized spacial score (nSPS) is 0. The minimum Gasteiger partial charge on any atom is -1.00 e. The van der Waals surface area contributed by atoms with Crippen molar-refractivity contribution in [1.82, 2.24) is 0 Å². The molecular weight excluding hydrogens is 447 g/mol. The molecule has 0 aliphatic heterocycles. The van der Waals surface area contributed by atoms with Crippen molar-refractivity contribution < 1.29 is 147 Å². The first-order valence-electron chi connectivity index (χ1n) is 0. The van der Waals surface area contributed by atoms with Gasteiger partial charge in [0.15, 0.2) is 0 Å². The summed E-state index contributed by atoms with van der Waals surface area (Å²) in [5, 5.41) is 0. The Balaban J connectivity index is 0. The van der Waals surface area contributed by atoms with Gasteiger partial charge < -0.3 is 74.4 Å². The van der Waals surface area contributed by atoms with Crippen molar-refractivity contribution in [2.24, 2.45) is 0 Å². The van der Waals surface area contributed by atoms with Gasteiger partial charge in [0, 0.05) is 0 Å². The van der Waals surface area contributed by atoms with Crippen molar-refractivity contribution in [3.05, 3.63) is 0 Å². The van der Waals surface area contributed by atoms with Gasteiger partial charge in [0.2, 0.25) is 0 Å². The molecule has 0 aromatic rings. The molecule has 0 aliphatic carbocycles. The van der Waals surface area contributed by atoms with E-state index in [1.165, 1.54) is 0 Å². The number of halogens is 6. The third kappa shape index (κ3) is 50.1. The van der Waals surface area contributed by atoms with E-state index in [1.54, 1.807) is 0 Å². The molecule has 0 nitrogen and oxygen atoms in total. The second kappa shape index (κ2) is 67.8. The first-order valence-corrected chi connectivity index (χ1v) is 0. The number of hydrogen-bond acceptors (Lipinski definition) is 0. The maximum Gasteiger partial charge on any atom is 4.00 e. The molecule has 8 heteroatoms. The van der Waals surface area contributed by atoms with E-state index in [9.17, 15) is 0 Å². The zero-order chi connectivity index (χ0) is 0. The standard InChI is InChI=1S/6ClH.K.Pt/h6*1H;;/q;;;;;;+1;+4/p-6. The van der Waals surface area contributed by atoms with Gasteiger partial charge in [0.05, 0.1) is 0 Å². The maximum absolute atomic E-state index is 0. The molecule has 0 amide bonds. The SMILES string of the molecule is [Cl-].[Cl-].[Cl-].[Cl-].[Cl-].[Cl-].[K+].[Pt+4]. The Morgan fingerprint density at radius 3 is 0.375 bits per heavy atom. The minimum absolute atomic E-state index is 0. The summed E-state index contributed by atoms with van der Waals surface area (Å²) in [6.45, 7) is 0. The van der Waals surface area contributed by atoms with E-state index in [2.05, 4.69) is 0 Å². The summed E-state index contributed by atoms with van der Waals surface area (Å²) in [5.41, 5.74) is 0. The molecule has 0 fully saturated rings. The second-order valence-electron chi connectivity index (χ2n) is 0. The Bertz CT molecular complexity index is 8.49. The van der Waals surface area contributed by atoms with Crippen molar-refractivity contribution in [2.45, 2.75) is 0 Å². The maximum atomic E-state index is 0. The predicted molar refractivity (Wildman–Crippen MR) is 0 cm³/mol. The molecule has 0 radical (unpaired) electrons. The van der Waals surface area contributed by atoms with Gasteiger partial charge in [-0.2, -0.15) is 0 Å². The van der Waals surface area contributed by atoms with Crippen LogP contribution in [0.5, 0.6) is 0 Å². The van der Waals surface area contributed by atoms with Gasteiger partial charge in [-0.1, -0.05) is 0 Å². The van der Waals surface area contributed by atoms with E-state index in [4.69, 9.17) is 0 Å². The quantitative estimate of drug-likeness (QED) is 0.324. The topological polar surface area (TPSA) is 0 Å². The first kappa shape index (κ1) is 89.4. The van der Waals surface area contributed by atoms with E-state index >= 15 is 0 Å². The van der Waals surface area contributed by atoms with Crippen LogP contribution in [-0.2, 0) is 21.1 Å². The van der Waals surface area contributed by atoms with Gasteiger partial charge in [-0.3, -0.25) is 0 Å². The fraction of sp³-hybridized carbons (Fsp3) is 0. The zero-order valence-electron chi connectivity index (χ0n) is 3.58. The molecule has 0 saturated carbocycles. The van der Waals surface area contributed by atoms with Crippen LogP contribution in [0.3, 0.4) is 0 Å². The molecule has 0 bridgehead atoms. The molecule has 8 heavy (non-hydrogen) atoms. The van der Waals surface area contributed by atoms with Crippen molar-refractivity contribution in [1.29, 1.82) is 0 Å². The van der Waals surface area contributed by atoms with Gasteiger partial charge in [-0.15, -0.1) is 0 Å². The average molecular weight is 447 g/mol. The Hall–Kier alpha value is 4.06. The molecule has 0 atom stereocenters. The van der Waals surface area contributed by atoms with E-state index in [0.29, 0.717) is 0 Å². The average Bonchev–Trinajstić information content (AvgIpc) is 0. The molecule has 54 valence electrons. The molecule has 0 aliphatic rings. The van der Waals surface area contributed by atoms with Gasteiger partial charge in [0.25, 0.3) is 0 Å². The van der Waals surface area contributed by atoms with Crippen LogP contribution in [0.1, 0.15) is 0 Å². The Labute approximate surface area is 144 Å². The molecule has 0 aromatic heterocycles. The third-order valence-corrected chi connectivity index (χ3v) is 0. The van der Waals surface area contributed by atoms with Crippen LogP contribution in [0.15, 0.2) is 0 Å². The summed E-state index contributed by atoms with van der Waals surface area (Å²) in [5.74, 6) is 0. The van der Waals surface area contributed by atoms with E-state index in [1.807, 2.05) is 0 Å². The second-order valence-corrected chi connectivity index (χ2v) is 0. The fourth-order valence-electron chi connectivity index (χ4n) is 0. The van der Waals surface area contributed by atoms with Crippen LogP contribution in [0.2, 0.25) is 0 Å². The van der Waals surface area contributed by atoms with Gasteiger partial charge in [-0.25, -0.2) is 0 Å². The van der Waals surface area contributed by atoms with Crippen molar-refractivity contribution >= 4 is 0 Å². The van der Waals surface area contributed by atoms with Gasteiger partial charge in [-0.05, 0) is 0 Å². The first-order chi connectivity index (χ1) is 0. The summed E-state index contributed by atoms with van der Waals surface area (Å²) in [6, 6.07) is 0. The minimum atomic E-state index is 0. The monoisotopic (exact) mass is 444 g/mol. The molecular formula is Cl6KPt-. The van der Waals surface area contributed by atoms with Crippen molar-refractivity contribution in [3.63, 3.8) is 0 Å². The zero-order valence-corrected chi connectivity index (χ0v) is 13.5. The van der Waals surface area contributed by atoms with Crippen LogP contribution in [-0.4, -0.2) is 0 Å². The molecule has 0 spiro atoms. The molecule has 0 rings (SSSR count). The molecule has 0 aromatic carbocycles. The van der Waals surface area contributed by atoms with Gasteiger partial charge in [0.1, 0.15) is 0 Å². The van der Waals surface area contributed by atoms with Crippen molar-refractivity contribution in [2.75, 3.05) is 0 Å².